The maximum atomic E-state index is 8.88. The number of phosphoric acid groups is 1. The van der Waals surface area contributed by atoms with Gasteiger partial charge in [-0.2, -0.15) is 0 Å². The van der Waals surface area contributed by atoms with E-state index in [0.717, 1.165) is 0 Å². The molecule has 0 bridgehead atoms. The molecule has 8 heteroatoms. The van der Waals surface area contributed by atoms with Gasteiger partial charge >= 0.3 is 52.5 Å². The van der Waals surface area contributed by atoms with E-state index in [1.807, 2.05) is 0 Å². The molecule has 0 aromatic heterocycles. The molecule has 0 amide bonds. The van der Waals surface area contributed by atoms with E-state index in [2.05, 4.69) is 0 Å². The molecule has 0 spiro atoms. The van der Waals surface area contributed by atoms with Crippen LogP contribution in [0, 0.1) is 0 Å². The van der Waals surface area contributed by atoms with Crippen molar-refractivity contribution in [1.29, 1.82) is 0 Å². The summed E-state index contributed by atoms with van der Waals surface area (Å²) in [6, 6.07) is 0. The largest absolute Gasteiger partial charge is 1.00 e. The SMILES string of the molecule is O=P(O)(O)O.[H-].[InH3].[Li+].[Ti]. The molecule has 0 aromatic rings. The molecule has 0 heterocycles. The van der Waals surface area contributed by atoms with E-state index < -0.39 is 7.82 Å². The fourth-order valence-electron chi connectivity index (χ4n) is 0. The van der Waals surface area contributed by atoms with Crippen LogP contribution in [0.1, 0.15) is 1.43 Å². The van der Waals surface area contributed by atoms with E-state index in [9.17, 15) is 0 Å². The average molecular weight is 272 g/mol. The predicted octanol–water partition coefficient (Wildman–Crippen LogP) is -5.00. The van der Waals surface area contributed by atoms with Crippen LogP contribution in [0.4, 0.5) is 0 Å². The van der Waals surface area contributed by atoms with Gasteiger partial charge in [-0.3, -0.25) is 0 Å². The maximum Gasteiger partial charge on any atom is 1.00 e. The maximum absolute atomic E-state index is 8.88. The van der Waals surface area contributed by atoms with Gasteiger partial charge < -0.3 is 16.1 Å². The van der Waals surface area contributed by atoms with Crippen molar-refractivity contribution >= 4 is 33.7 Å². The summed E-state index contributed by atoms with van der Waals surface area (Å²) in [4.78, 5) is 21.6. The Morgan fingerprint density at radius 2 is 1.25 bits per heavy atom. The van der Waals surface area contributed by atoms with Gasteiger partial charge in [-0.05, 0) is 0 Å². The van der Waals surface area contributed by atoms with Crippen LogP contribution in [0.5, 0.6) is 0 Å². The zero-order valence-electron chi connectivity index (χ0n) is 4.70. The molecule has 0 unspecified atom stereocenters. The van der Waals surface area contributed by atoms with Gasteiger partial charge in [-0.15, -0.1) is 0 Å². The van der Waals surface area contributed by atoms with Gasteiger partial charge in [0, 0.05) is 21.7 Å². The van der Waals surface area contributed by atoms with Gasteiger partial charge in [-0.1, -0.05) is 0 Å². The van der Waals surface area contributed by atoms with E-state index in [1.54, 1.807) is 0 Å². The molecule has 44 valence electrons. The molecule has 0 rings (SSSR count). The fraction of sp³-hybridized carbons (Fsp3) is 0. The summed E-state index contributed by atoms with van der Waals surface area (Å²) in [7, 11) is -4.64. The second kappa shape index (κ2) is 9.29. The van der Waals surface area contributed by atoms with E-state index >= 15 is 0 Å². The molecule has 0 aliphatic carbocycles. The van der Waals surface area contributed by atoms with Crippen LogP contribution in [0.25, 0.3) is 0 Å². The Morgan fingerprint density at radius 1 is 1.25 bits per heavy atom. The number of rotatable bonds is 0. The quantitative estimate of drug-likeness (QED) is 0.305. The number of hydrogen-bond donors (Lipinski definition) is 3. The predicted molar refractivity (Wildman–Crippen MR) is 25.3 cm³/mol. The smallest absolute Gasteiger partial charge is 0 e. The summed E-state index contributed by atoms with van der Waals surface area (Å²) < 4.78 is 8.88. The van der Waals surface area contributed by atoms with Crippen LogP contribution < -0.4 is 18.9 Å². The Kier molecular flexibility index (Phi) is 26.1. The second-order valence-corrected chi connectivity index (χ2v) is 1.54. The Morgan fingerprint density at radius 3 is 1.25 bits per heavy atom. The third-order valence-electron chi connectivity index (χ3n) is 0. The van der Waals surface area contributed by atoms with Crippen LogP contribution in [0.2, 0.25) is 0 Å². The molecule has 0 aliphatic heterocycles. The first-order valence-corrected chi connectivity index (χ1v) is 2.35. The van der Waals surface area contributed by atoms with Crippen molar-refractivity contribution in [3.8, 4) is 0 Å². The van der Waals surface area contributed by atoms with E-state index in [4.69, 9.17) is 19.2 Å². The Labute approximate surface area is 94.0 Å². The van der Waals surface area contributed by atoms with Crippen LogP contribution in [-0.2, 0) is 26.3 Å². The third kappa shape index (κ3) is 83.9. The van der Waals surface area contributed by atoms with E-state index in [-0.39, 0.29) is 67.8 Å². The van der Waals surface area contributed by atoms with E-state index in [0.29, 0.717) is 0 Å². The van der Waals surface area contributed by atoms with Crippen LogP contribution in [0.3, 0.4) is 0 Å². The fourth-order valence-corrected chi connectivity index (χ4v) is 0. The van der Waals surface area contributed by atoms with Crippen molar-refractivity contribution < 1.29 is 61.3 Å². The average Bonchev–Trinajstić information content (AvgIpc) is 0.722. The first-order valence-electron chi connectivity index (χ1n) is 0.783. The zero-order chi connectivity index (χ0) is 4.50. The zero-order valence-corrected chi connectivity index (χ0v) is 6.15. The summed E-state index contributed by atoms with van der Waals surface area (Å²) in [6.07, 6.45) is 0. The monoisotopic (exact) mass is 272 g/mol. The second-order valence-electron chi connectivity index (χ2n) is 0.513. The summed E-state index contributed by atoms with van der Waals surface area (Å²) in [5.41, 5.74) is 0. The van der Waals surface area contributed by atoms with Gasteiger partial charge in [0.1, 0.15) is 0 Å². The van der Waals surface area contributed by atoms with Crippen LogP contribution >= 0.6 is 7.82 Å². The van der Waals surface area contributed by atoms with Crippen molar-refractivity contribution in [1.82, 2.24) is 0 Å². The molecule has 3 N–H and O–H groups in total. The first-order chi connectivity index (χ1) is 2.00. The normalized spacial score (nSPS) is 7.38. The van der Waals surface area contributed by atoms with Crippen molar-refractivity contribution in [2.75, 3.05) is 0 Å². The Balaban J connectivity index is -0.0000000133. The molecule has 8 heavy (non-hydrogen) atoms. The van der Waals surface area contributed by atoms with Crippen LogP contribution in [0.15, 0.2) is 0 Å². The molecular formula is H7InLiO4PTi. The van der Waals surface area contributed by atoms with Crippen LogP contribution in [-0.4, -0.2) is 40.5 Å². The van der Waals surface area contributed by atoms with Crippen molar-refractivity contribution in [3.63, 3.8) is 0 Å². The van der Waals surface area contributed by atoms with Crippen molar-refractivity contribution in [2.24, 2.45) is 0 Å². The number of hydrogen-bond acceptors (Lipinski definition) is 1. The molecule has 0 fully saturated rings. The Bertz CT molecular complexity index is 66.7. The van der Waals surface area contributed by atoms with Crippen molar-refractivity contribution in [2.45, 2.75) is 0 Å². The minimum absolute atomic E-state index is 0. The van der Waals surface area contributed by atoms with Crippen molar-refractivity contribution in [3.05, 3.63) is 0 Å². The summed E-state index contributed by atoms with van der Waals surface area (Å²) in [5.74, 6) is 0. The van der Waals surface area contributed by atoms with Gasteiger partial charge in [0.15, 0.2) is 0 Å². The molecule has 0 radical (unpaired) electrons. The minimum atomic E-state index is -4.64. The first kappa shape index (κ1) is 22.4. The summed E-state index contributed by atoms with van der Waals surface area (Å²) >= 11 is 0. The molecule has 4 nitrogen and oxygen atoms in total. The van der Waals surface area contributed by atoms with Gasteiger partial charge in [0.25, 0.3) is 0 Å². The van der Waals surface area contributed by atoms with Gasteiger partial charge in [-0.25, -0.2) is 4.57 Å². The summed E-state index contributed by atoms with van der Waals surface area (Å²) in [5, 5.41) is 0. The van der Waals surface area contributed by atoms with E-state index in [1.165, 1.54) is 0 Å². The molecule has 0 aliphatic rings. The minimum Gasteiger partial charge on any atom is 0 e. The molecule has 0 saturated heterocycles. The van der Waals surface area contributed by atoms with Gasteiger partial charge in [0.05, 0.1) is 0 Å². The van der Waals surface area contributed by atoms with Gasteiger partial charge in [0.2, 0.25) is 0 Å². The topological polar surface area (TPSA) is 77.8 Å². The standard InChI is InChI=1S/In.Li.H3O4P.Ti.4H/c;;1-5(2,3)4;;;;;/h;;(H3,1,2,3,4);;;;;/q;+1;;;;;;-1. The summed E-state index contributed by atoms with van der Waals surface area (Å²) in [6.45, 7) is 0. The third-order valence-corrected chi connectivity index (χ3v) is 0. The molecule has 0 atom stereocenters. The molecular weight excluding hydrogens is 265 g/mol. The Hall–Kier alpha value is 2.29. The molecule has 0 saturated carbocycles. The molecule has 0 aromatic carbocycles.